The van der Waals surface area contributed by atoms with Gasteiger partial charge in [0.25, 0.3) is 0 Å². The monoisotopic (exact) mass is 136 g/mol. The summed E-state index contributed by atoms with van der Waals surface area (Å²) < 4.78 is 0. The summed E-state index contributed by atoms with van der Waals surface area (Å²) in [4.78, 5) is 0. The van der Waals surface area contributed by atoms with E-state index in [0.717, 1.165) is 0 Å². The van der Waals surface area contributed by atoms with Crippen LogP contribution in [0.15, 0.2) is 18.5 Å². The minimum atomic E-state index is 0.190. The summed E-state index contributed by atoms with van der Waals surface area (Å²) in [6.07, 6.45) is 3.53. The van der Waals surface area contributed by atoms with Gasteiger partial charge in [-0.1, -0.05) is 20.8 Å². The van der Waals surface area contributed by atoms with E-state index in [-0.39, 0.29) is 5.41 Å². The maximum absolute atomic E-state index is 3.80. The molecule has 0 bridgehead atoms. The first kappa shape index (κ1) is 7.19. The second-order valence-corrected chi connectivity index (χ2v) is 3.38. The van der Waals surface area contributed by atoms with Crippen molar-refractivity contribution in [3.05, 3.63) is 24.0 Å². The molecule has 0 aliphatic carbocycles. The molecule has 0 amide bonds. The number of hydrogen-bond donors (Lipinski definition) is 0. The Morgan fingerprint density at radius 3 is 2.20 bits per heavy atom. The number of rotatable bonds is 0. The zero-order valence-electron chi connectivity index (χ0n) is 6.63. The van der Waals surface area contributed by atoms with Gasteiger partial charge in [0, 0.05) is 6.20 Å². The Kier molecular flexibility index (Phi) is 1.70. The minimum Gasteiger partial charge on any atom is -0.159 e. The Morgan fingerprint density at radius 1 is 1.20 bits per heavy atom. The normalized spacial score (nSPS) is 11.5. The summed E-state index contributed by atoms with van der Waals surface area (Å²) in [5.41, 5.74) is 1.41. The quantitative estimate of drug-likeness (QED) is 0.543. The third-order valence-electron chi connectivity index (χ3n) is 1.45. The molecule has 0 fully saturated rings. The van der Waals surface area contributed by atoms with Crippen LogP contribution in [0.2, 0.25) is 0 Å². The molecule has 0 saturated heterocycles. The lowest BCUT2D eigenvalue weighted by molar-refractivity contribution is 0.584. The van der Waals surface area contributed by atoms with Gasteiger partial charge in [-0.25, -0.2) is 0 Å². The van der Waals surface area contributed by atoms with Crippen molar-refractivity contribution in [1.29, 1.82) is 0 Å². The van der Waals surface area contributed by atoms with E-state index in [4.69, 9.17) is 0 Å². The van der Waals surface area contributed by atoms with Gasteiger partial charge in [0.05, 0.1) is 6.20 Å². The van der Waals surface area contributed by atoms with Crippen LogP contribution in [-0.4, -0.2) is 10.2 Å². The van der Waals surface area contributed by atoms with Crippen LogP contribution >= 0.6 is 0 Å². The highest BCUT2D eigenvalue weighted by molar-refractivity contribution is 5.15. The van der Waals surface area contributed by atoms with Crippen LogP contribution in [-0.2, 0) is 5.41 Å². The molecule has 0 spiro atoms. The molecular formula is C8H12N2. The molecule has 0 atom stereocenters. The maximum Gasteiger partial charge on any atom is 0.0533 e. The predicted octanol–water partition coefficient (Wildman–Crippen LogP) is 1.77. The van der Waals surface area contributed by atoms with Crippen molar-refractivity contribution >= 4 is 0 Å². The summed E-state index contributed by atoms with van der Waals surface area (Å²) in [7, 11) is 0. The van der Waals surface area contributed by atoms with E-state index < -0.39 is 0 Å². The molecule has 0 unspecified atom stereocenters. The van der Waals surface area contributed by atoms with E-state index in [1.807, 2.05) is 6.07 Å². The van der Waals surface area contributed by atoms with Crippen LogP contribution in [0, 0.1) is 0 Å². The Hall–Kier alpha value is -0.920. The van der Waals surface area contributed by atoms with Crippen LogP contribution in [0.5, 0.6) is 0 Å². The average molecular weight is 136 g/mol. The van der Waals surface area contributed by atoms with Crippen molar-refractivity contribution in [3.8, 4) is 0 Å². The molecule has 0 aromatic carbocycles. The third kappa shape index (κ3) is 1.53. The van der Waals surface area contributed by atoms with Crippen LogP contribution in [0.25, 0.3) is 0 Å². The largest absolute Gasteiger partial charge is 0.159 e. The number of nitrogens with zero attached hydrogens (tertiary/aromatic N) is 2. The van der Waals surface area contributed by atoms with Gasteiger partial charge in [-0.05, 0) is 17.0 Å². The first-order chi connectivity index (χ1) is 4.61. The van der Waals surface area contributed by atoms with E-state index in [1.54, 1.807) is 12.4 Å². The molecule has 0 radical (unpaired) electrons. The zero-order chi connectivity index (χ0) is 7.61. The van der Waals surface area contributed by atoms with E-state index >= 15 is 0 Å². The molecule has 54 valence electrons. The van der Waals surface area contributed by atoms with Gasteiger partial charge in [-0.15, -0.1) is 0 Å². The standard InChI is InChI=1S/C8H12N2/c1-8(2,3)7-4-5-9-10-6-7/h4-6H,1-3H3. The molecule has 1 aromatic rings. The number of aromatic nitrogens is 2. The first-order valence-electron chi connectivity index (χ1n) is 3.38. The van der Waals surface area contributed by atoms with Crippen LogP contribution < -0.4 is 0 Å². The molecule has 1 rings (SSSR count). The molecular weight excluding hydrogens is 124 g/mol. The summed E-state index contributed by atoms with van der Waals surface area (Å²) in [5, 5.41) is 7.51. The van der Waals surface area contributed by atoms with Gasteiger partial charge in [0.1, 0.15) is 0 Å². The minimum absolute atomic E-state index is 0.190. The van der Waals surface area contributed by atoms with Crippen molar-refractivity contribution < 1.29 is 0 Å². The van der Waals surface area contributed by atoms with Gasteiger partial charge in [0.2, 0.25) is 0 Å². The fourth-order valence-electron chi connectivity index (χ4n) is 0.734. The lowest BCUT2D eigenvalue weighted by Crippen LogP contribution is -2.11. The topological polar surface area (TPSA) is 25.8 Å². The Balaban J connectivity index is 2.97. The fraction of sp³-hybridized carbons (Fsp3) is 0.500. The van der Waals surface area contributed by atoms with Gasteiger partial charge in [0.15, 0.2) is 0 Å². The van der Waals surface area contributed by atoms with Crippen molar-refractivity contribution in [1.82, 2.24) is 10.2 Å². The molecule has 2 heteroatoms. The highest BCUT2D eigenvalue weighted by Gasteiger charge is 2.12. The van der Waals surface area contributed by atoms with E-state index in [2.05, 4.69) is 31.0 Å². The lowest BCUT2D eigenvalue weighted by atomic mass is 9.89. The molecule has 0 aliphatic rings. The SMILES string of the molecule is CC(C)(C)c1ccnnc1. The van der Waals surface area contributed by atoms with Gasteiger partial charge in [-0.3, -0.25) is 0 Å². The molecule has 1 aromatic heterocycles. The molecule has 2 nitrogen and oxygen atoms in total. The summed E-state index contributed by atoms with van der Waals surface area (Å²) in [5.74, 6) is 0. The second kappa shape index (κ2) is 2.37. The molecule has 1 heterocycles. The number of hydrogen-bond acceptors (Lipinski definition) is 2. The third-order valence-corrected chi connectivity index (χ3v) is 1.45. The summed E-state index contributed by atoms with van der Waals surface area (Å²) in [6.45, 7) is 6.47. The lowest BCUT2D eigenvalue weighted by Gasteiger charge is -2.16. The average Bonchev–Trinajstić information content (AvgIpc) is 1.88. The van der Waals surface area contributed by atoms with Crippen molar-refractivity contribution in [2.24, 2.45) is 0 Å². The van der Waals surface area contributed by atoms with E-state index in [9.17, 15) is 0 Å². The molecule has 10 heavy (non-hydrogen) atoms. The van der Waals surface area contributed by atoms with E-state index in [1.165, 1.54) is 5.56 Å². The van der Waals surface area contributed by atoms with Crippen molar-refractivity contribution in [2.45, 2.75) is 26.2 Å². The zero-order valence-corrected chi connectivity index (χ0v) is 6.63. The smallest absolute Gasteiger partial charge is 0.0533 e. The molecule has 0 saturated carbocycles. The van der Waals surface area contributed by atoms with Crippen LogP contribution in [0.3, 0.4) is 0 Å². The summed E-state index contributed by atoms with van der Waals surface area (Å²) in [6, 6.07) is 1.99. The Bertz CT molecular complexity index is 198. The van der Waals surface area contributed by atoms with E-state index in [0.29, 0.717) is 0 Å². The highest BCUT2D eigenvalue weighted by Crippen LogP contribution is 2.19. The van der Waals surface area contributed by atoms with Gasteiger partial charge < -0.3 is 0 Å². The maximum atomic E-state index is 3.80. The van der Waals surface area contributed by atoms with Gasteiger partial charge in [-0.2, -0.15) is 10.2 Å². The first-order valence-corrected chi connectivity index (χ1v) is 3.38. The van der Waals surface area contributed by atoms with Crippen LogP contribution in [0.4, 0.5) is 0 Å². The van der Waals surface area contributed by atoms with Crippen molar-refractivity contribution in [2.75, 3.05) is 0 Å². The molecule has 0 N–H and O–H groups in total. The summed E-state index contributed by atoms with van der Waals surface area (Å²) >= 11 is 0. The van der Waals surface area contributed by atoms with Crippen molar-refractivity contribution in [3.63, 3.8) is 0 Å². The Labute approximate surface area is 61.3 Å². The van der Waals surface area contributed by atoms with Gasteiger partial charge >= 0.3 is 0 Å². The molecule has 0 aliphatic heterocycles. The predicted molar refractivity (Wildman–Crippen MR) is 40.7 cm³/mol. The second-order valence-electron chi connectivity index (χ2n) is 3.38. The highest BCUT2D eigenvalue weighted by atomic mass is 15.1. The van der Waals surface area contributed by atoms with Crippen LogP contribution in [0.1, 0.15) is 26.3 Å². The fourth-order valence-corrected chi connectivity index (χ4v) is 0.734. The Morgan fingerprint density at radius 2 is 1.90 bits per heavy atom.